The fourth-order valence-electron chi connectivity index (χ4n) is 2.42. The molecule has 1 heterocycles. The van der Waals surface area contributed by atoms with E-state index in [1.54, 1.807) is 37.3 Å². The first-order chi connectivity index (χ1) is 14.4. The molecule has 0 aliphatic heterocycles. The number of carbonyl (C=O) groups is 2. The number of rotatable bonds is 6. The van der Waals surface area contributed by atoms with Crippen molar-refractivity contribution < 1.29 is 19.1 Å². The fraction of sp³-hybridized carbons (Fsp3) is 0.100. The van der Waals surface area contributed by atoms with Crippen LogP contribution in [0.4, 0.5) is 0 Å². The summed E-state index contributed by atoms with van der Waals surface area (Å²) in [6.07, 6.45) is 1.42. The molecule has 1 amide bonds. The van der Waals surface area contributed by atoms with E-state index in [-0.39, 0.29) is 22.0 Å². The van der Waals surface area contributed by atoms with E-state index < -0.39 is 11.9 Å². The highest BCUT2D eigenvalue weighted by Gasteiger charge is 2.16. The maximum absolute atomic E-state index is 12.4. The van der Waals surface area contributed by atoms with Crippen LogP contribution in [0.1, 0.15) is 32.1 Å². The number of aromatic amines is 1. The smallest absolute Gasteiger partial charge is 0.345 e. The Bertz CT molecular complexity index is 1130. The van der Waals surface area contributed by atoms with Crippen LogP contribution in [0, 0.1) is 6.92 Å². The number of benzene rings is 2. The van der Waals surface area contributed by atoms with Gasteiger partial charge < -0.3 is 9.47 Å². The SMILES string of the molecule is COc1cc(C=NNC(=O)c2cc(C)[nH]n2)ccc1OC(=O)c1ccc(Cl)cc1Cl. The number of methoxy groups -OCH3 is 1. The van der Waals surface area contributed by atoms with Crippen LogP contribution in [0.5, 0.6) is 11.5 Å². The quantitative estimate of drug-likeness (QED) is 0.257. The number of esters is 1. The Labute approximate surface area is 181 Å². The molecule has 3 rings (SSSR count). The Morgan fingerprint density at radius 2 is 1.93 bits per heavy atom. The maximum atomic E-state index is 12.4. The molecule has 154 valence electrons. The number of hydrogen-bond acceptors (Lipinski definition) is 6. The van der Waals surface area contributed by atoms with Gasteiger partial charge in [0.1, 0.15) is 0 Å². The van der Waals surface area contributed by atoms with Crippen LogP contribution < -0.4 is 14.9 Å². The lowest BCUT2D eigenvalue weighted by molar-refractivity contribution is 0.0729. The lowest BCUT2D eigenvalue weighted by atomic mass is 10.2. The van der Waals surface area contributed by atoms with Gasteiger partial charge in [-0.3, -0.25) is 9.89 Å². The summed E-state index contributed by atoms with van der Waals surface area (Å²) in [6.45, 7) is 1.79. The number of H-pyrrole nitrogens is 1. The predicted molar refractivity (Wildman–Crippen MR) is 113 cm³/mol. The molecule has 8 nitrogen and oxygen atoms in total. The van der Waals surface area contributed by atoms with Gasteiger partial charge in [-0.1, -0.05) is 23.2 Å². The van der Waals surface area contributed by atoms with Crippen molar-refractivity contribution in [1.29, 1.82) is 0 Å². The van der Waals surface area contributed by atoms with Crippen LogP contribution in [0.3, 0.4) is 0 Å². The molecule has 0 bridgehead atoms. The number of aromatic nitrogens is 2. The van der Waals surface area contributed by atoms with Crippen LogP contribution >= 0.6 is 23.2 Å². The van der Waals surface area contributed by atoms with E-state index in [1.165, 1.54) is 25.5 Å². The summed E-state index contributed by atoms with van der Waals surface area (Å²) in [5, 5.41) is 11.0. The van der Waals surface area contributed by atoms with Gasteiger partial charge in [-0.2, -0.15) is 10.2 Å². The Morgan fingerprint density at radius 3 is 2.60 bits per heavy atom. The maximum Gasteiger partial charge on any atom is 0.345 e. The molecule has 2 N–H and O–H groups in total. The van der Waals surface area contributed by atoms with Gasteiger partial charge in [0.2, 0.25) is 0 Å². The van der Waals surface area contributed by atoms with E-state index in [1.807, 2.05) is 0 Å². The third kappa shape index (κ3) is 5.16. The lowest BCUT2D eigenvalue weighted by Gasteiger charge is -2.10. The number of amides is 1. The minimum Gasteiger partial charge on any atom is -0.493 e. The van der Waals surface area contributed by atoms with Crippen molar-refractivity contribution in [2.45, 2.75) is 6.92 Å². The first kappa shape index (κ1) is 21.4. The number of hydrazone groups is 1. The zero-order chi connectivity index (χ0) is 21.7. The van der Waals surface area contributed by atoms with Crippen molar-refractivity contribution in [3.63, 3.8) is 0 Å². The number of nitrogens with one attached hydrogen (secondary N) is 2. The Hall–Kier alpha value is -3.36. The summed E-state index contributed by atoms with van der Waals surface area (Å²) in [5.74, 6) is -0.612. The van der Waals surface area contributed by atoms with Crippen LogP contribution in [-0.4, -0.2) is 35.4 Å². The summed E-state index contributed by atoms with van der Waals surface area (Å²) in [7, 11) is 1.44. The van der Waals surface area contributed by atoms with Gasteiger partial charge in [0.25, 0.3) is 5.91 Å². The predicted octanol–water partition coefficient (Wildman–Crippen LogP) is 4.02. The topological polar surface area (TPSA) is 106 Å². The van der Waals surface area contributed by atoms with Gasteiger partial charge in [0.05, 0.1) is 23.9 Å². The van der Waals surface area contributed by atoms with Crippen molar-refractivity contribution in [1.82, 2.24) is 15.6 Å². The summed E-state index contributed by atoms with van der Waals surface area (Å²) in [5.41, 5.74) is 4.14. The second-order valence-electron chi connectivity index (χ2n) is 6.06. The minimum absolute atomic E-state index is 0.171. The first-order valence-electron chi connectivity index (χ1n) is 8.58. The lowest BCUT2D eigenvalue weighted by Crippen LogP contribution is -2.18. The van der Waals surface area contributed by atoms with Crippen LogP contribution in [0.15, 0.2) is 47.6 Å². The molecule has 30 heavy (non-hydrogen) atoms. The standard InChI is InChI=1S/C20H16Cl2N4O4/c1-11-7-16(25-24-11)19(27)26-23-10-12-3-6-17(18(8-12)29-2)30-20(28)14-5-4-13(21)9-15(14)22/h3-10H,1-2H3,(H,24,25)(H,26,27). The molecule has 0 saturated carbocycles. The molecule has 0 unspecified atom stereocenters. The van der Waals surface area contributed by atoms with Crippen LogP contribution in [0.2, 0.25) is 10.0 Å². The second-order valence-corrected chi connectivity index (χ2v) is 6.90. The molecular weight excluding hydrogens is 431 g/mol. The summed E-state index contributed by atoms with van der Waals surface area (Å²) < 4.78 is 10.7. The molecule has 0 spiro atoms. The van der Waals surface area contributed by atoms with Crippen LogP contribution in [-0.2, 0) is 0 Å². The normalized spacial score (nSPS) is 10.8. The van der Waals surface area contributed by atoms with Crippen molar-refractivity contribution in [2.75, 3.05) is 7.11 Å². The van der Waals surface area contributed by atoms with Gasteiger partial charge in [-0.15, -0.1) is 0 Å². The van der Waals surface area contributed by atoms with Gasteiger partial charge >= 0.3 is 5.97 Å². The third-order valence-electron chi connectivity index (χ3n) is 3.86. The van der Waals surface area contributed by atoms with Crippen molar-refractivity contribution in [2.24, 2.45) is 5.10 Å². The molecule has 0 radical (unpaired) electrons. The van der Waals surface area contributed by atoms with Crippen molar-refractivity contribution >= 4 is 41.3 Å². The van der Waals surface area contributed by atoms with E-state index in [4.69, 9.17) is 32.7 Å². The zero-order valence-electron chi connectivity index (χ0n) is 15.9. The largest absolute Gasteiger partial charge is 0.493 e. The molecule has 0 saturated heterocycles. The molecule has 10 heteroatoms. The highest BCUT2D eigenvalue weighted by atomic mass is 35.5. The second kappa shape index (κ2) is 9.43. The average Bonchev–Trinajstić information content (AvgIpc) is 3.15. The highest BCUT2D eigenvalue weighted by molar-refractivity contribution is 6.36. The molecule has 0 atom stereocenters. The number of ether oxygens (including phenoxy) is 2. The minimum atomic E-state index is -0.655. The van der Waals surface area contributed by atoms with E-state index in [9.17, 15) is 9.59 Å². The molecule has 0 aliphatic carbocycles. The van der Waals surface area contributed by atoms with Crippen LogP contribution in [0.25, 0.3) is 0 Å². The summed E-state index contributed by atoms with van der Waals surface area (Å²) >= 11 is 11.9. The molecule has 0 fully saturated rings. The fourth-order valence-corrected chi connectivity index (χ4v) is 2.90. The third-order valence-corrected chi connectivity index (χ3v) is 4.41. The highest BCUT2D eigenvalue weighted by Crippen LogP contribution is 2.29. The number of halogens is 2. The van der Waals surface area contributed by atoms with E-state index in [2.05, 4.69) is 20.7 Å². The molecule has 1 aromatic heterocycles. The number of nitrogens with zero attached hydrogens (tertiary/aromatic N) is 2. The zero-order valence-corrected chi connectivity index (χ0v) is 17.4. The number of aryl methyl sites for hydroxylation is 1. The van der Waals surface area contributed by atoms with E-state index in [0.717, 1.165) is 5.69 Å². The van der Waals surface area contributed by atoms with Gasteiger partial charge in [0.15, 0.2) is 17.2 Å². The molecule has 2 aromatic carbocycles. The Kier molecular flexibility index (Phi) is 6.71. The van der Waals surface area contributed by atoms with Crippen molar-refractivity contribution in [3.05, 3.63) is 75.0 Å². The molecular formula is C20H16Cl2N4O4. The summed E-state index contributed by atoms with van der Waals surface area (Å²) in [6, 6.07) is 10.9. The Morgan fingerprint density at radius 1 is 1.13 bits per heavy atom. The van der Waals surface area contributed by atoms with E-state index in [0.29, 0.717) is 16.3 Å². The van der Waals surface area contributed by atoms with Crippen molar-refractivity contribution in [3.8, 4) is 11.5 Å². The number of hydrogen-bond donors (Lipinski definition) is 2. The Balaban J connectivity index is 1.69. The monoisotopic (exact) mass is 446 g/mol. The average molecular weight is 447 g/mol. The molecule has 3 aromatic rings. The van der Waals surface area contributed by atoms with Gasteiger partial charge in [0, 0.05) is 10.7 Å². The first-order valence-corrected chi connectivity index (χ1v) is 9.33. The van der Waals surface area contributed by atoms with Gasteiger partial charge in [-0.05, 0) is 55.0 Å². The summed E-state index contributed by atoms with van der Waals surface area (Å²) in [4.78, 5) is 24.3. The van der Waals surface area contributed by atoms with Gasteiger partial charge in [-0.25, -0.2) is 10.2 Å². The molecule has 0 aliphatic rings. The van der Waals surface area contributed by atoms with E-state index >= 15 is 0 Å². The number of carbonyl (C=O) groups excluding carboxylic acids is 2.